The number of aromatic nitrogens is 2. The van der Waals surface area contributed by atoms with Crippen LogP contribution in [0.25, 0.3) is 0 Å². The lowest BCUT2D eigenvalue weighted by molar-refractivity contribution is -0.0145. The van der Waals surface area contributed by atoms with Crippen molar-refractivity contribution in [2.45, 2.75) is 52.5 Å². The smallest absolute Gasteiger partial charge is 0.317 e. The van der Waals surface area contributed by atoms with Crippen molar-refractivity contribution in [3.05, 3.63) is 17.5 Å². The summed E-state index contributed by atoms with van der Waals surface area (Å²) in [4.78, 5) is 14.4. The number of nitrogens with one attached hydrogen (secondary N) is 1. The molecular formula is C18H30N4O2. The fourth-order valence-electron chi connectivity index (χ4n) is 4.01. The van der Waals surface area contributed by atoms with Crippen molar-refractivity contribution in [2.75, 3.05) is 32.8 Å². The second-order valence-electron chi connectivity index (χ2n) is 7.51. The second-order valence-corrected chi connectivity index (χ2v) is 7.51. The Bertz CT molecular complexity index is 568. The average molecular weight is 334 g/mol. The lowest BCUT2D eigenvalue weighted by atomic mass is 9.72. The van der Waals surface area contributed by atoms with Crippen molar-refractivity contribution >= 4 is 6.03 Å². The molecule has 1 aromatic rings. The van der Waals surface area contributed by atoms with Gasteiger partial charge in [-0.3, -0.25) is 4.68 Å². The van der Waals surface area contributed by atoms with Crippen LogP contribution in [0.3, 0.4) is 0 Å². The molecule has 6 heteroatoms. The van der Waals surface area contributed by atoms with Crippen molar-refractivity contribution in [1.29, 1.82) is 0 Å². The van der Waals surface area contributed by atoms with Crippen LogP contribution in [0.5, 0.6) is 0 Å². The number of likely N-dealkylation sites (tertiary alicyclic amines) is 1. The van der Waals surface area contributed by atoms with E-state index in [2.05, 4.69) is 30.3 Å². The Balaban J connectivity index is 1.47. The summed E-state index contributed by atoms with van der Waals surface area (Å²) < 4.78 is 7.48. The minimum absolute atomic E-state index is 0.0605. The number of piperidine rings is 1. The maximum atomic E-state index is 12.5. The summed E-state index contributed by atoms with van der Waals surface area (Å²) >= 11 is 0. The first-order valence-corrected chi connectivity index (χ1v) is 9.12. The number of hydrogen-bond donors (Lipinski definition) is 1. The molecule has 0 aliphatic carbocycles. The fourth-order valence-corrected chi connectivity index (χ4v) is 4.01. The first-order valence-electron chi connectivity index (χ1n) is 9.12. The number of amides is 2. The highest BCUT2D eigenvalue weighted by molar-refractivity contribution is 5.74. The van der Waals surface area contributed by atoms with Crippen molar-refractivity contribution in [2.24, 2.45) is 5.41 Å². The third-order valence-corrected chi connectivity index (χ3v) is 5.68. The summed E-state index contributed by atoms with van der Waals surface area (Å²) in [5, 5.41) is 7.58. The second kappa shape index (κ2) is 7.13. The molecule has 1 aromatic heterocycles. The largest absolute Gasteiger partial charge is 0.381 e. The van der Waals surface area contributed by atoms with Gasteiger partial charge in [0.05, 0.1) is 11.7 Å². The lowest BCUT2D eigenvalue weighted by Gasteiger charge is -2.44. The number of urea groups is 1. The molecule has 2 amide bonds. The van der Waals surface area contributed by atoms with E-state index < -0.39 is 0 Å². The lowest BCUT2D eigenvalue weighted by Crippen LogP contribution is -2.49. The van der Waals surface area contributed by atoms with E-state index in [9.17, 15) is 4.79 Å². The number of hydrogen-bond acceptors (Lipinski definition) is 3. The van der Waals surface area contributed by atoms with Crippen LogP contribution in [0.15, 0.2) is 6.07 Å². The standard InChI is InChI=1S/C18H30N4O2/c1-14-12-15(2)22(20-14)16(3)13-19-17(23)21-8-4-18(5-9-21)6-10-24-11-7-18/h12,16H,4-11,13H2,1-3H3,(H,19,23). The molecule has 0 radical (unpaired) electrons. The number of carbonyl (C=O) groups is 1. The third kappa shape index (κ3) is 3.74. The van der Waals surface area contributed by atoms with Gasteiger partial charge in [-0.25, -0.2) is 4.79 Å². The molecule has 0 saturated carbocycles. The van der Waals surface area contributed by atoms with Gasteiger partial charge in [0.2, 0.25) is 0 Å². The van der Waals surface area contributed by atoms with Crippen LogP contribution >= 0.6 is 0 Å². The van der Waals surface area contributed by atoms with Gasteiger partial charge in [0.15, 0.2) is 0 Å². The topological polar surface area (TPSA) is 59.4 Å². The van der Waals surface area contributed by atoms with Gasteiger partial charge in [-0.15, -0.1) is 0 Å². The van der Waals surface area contributed by atoms with E-state index in [-0.39, 0.29) is 12.1 Å². The Hall–Kier alpha value is -1.56. The molecule has 0 aromatic carbocycles. The van der Waals surface area contributed by atoms with Gasteiger partial charge in [-0.05, 0) is 57.9 Å². The zero-order valence-corrected chi connectivity index (χ0v) is 15.2. The zero-order valence-electron chi connectivity index (χ0n) is 15.2. The van der Waals surface area contributed by atoms with Crippen molar-refractivity contribution in [3.8, 4) is 0 Å². The maximum Gasteiger partial charge on any atom is 0.317 e. The van der Waals surface area contributed by atoms with Gasteiger partial charge < -0.3 is 15.0 Å². The van der Waals surface area contributed by atoms with Crippen molar-refractivity contribution in [1.82, 2.24) is 20.0 Å². The molecule has 1 N–H and O–H groups in total. The summed E-state index contributed by atoms with van der Waals surface area (Å²) in [6, 6.07) is 2.29. The summed E-state index contributed by atoms with van der Waals surface area (Å²) in [5.41, 5.74) is 2.57. The number of aryl methyl sites for hydroxylation is 2. The van der Waals surface area contributed by atoms with E-state index in [1.807, 2.05) is 16.5 Å². The summed E-state index contributed by atoms with van der Waals surface area (Å²) in [6.45, 7) is 10.2. The van der Waals surface area contributed by atoms with Crippen LogP contribution in [0.2, 0.25) is 0 Å². The van der Waals surface area contributed by atoms with Gasteiger partial charge in [0.1, 0.15) is 0 Å². The molecule has 2 aliphatic heterocycles. The van der Waals surface area contributed by atoms with E-state index in [1.165, 1.54) is 0 Å². The summed E-state index contributed by atoms with van der Waals surface area (Å²) in [7, 11) is 0. The molecule has 2 aliphatic rings. The summed E-state index contributed by atoms with van der Waals surface area (Å²) in [5.74, 6) is 0. The van der Waals surface area contributed by atoms with Crippen LogP contribution in [0.1, 0.15) is 50.0 Å². The van der Waals surface area contributed by atoms with Crippen LogP contribution in [0.4, 0.5) is 4.79 Å². The van der Waals surface area contributed by atoms with Crippen LogP contribution in [-0.2, 0) is 4.74 Å². The Kier molecular flexibility index (Phi) is 5.13. The molecule has 1 spiro atoms. The Morgan fingerprint density at radius 3 is 2.54 bits per heavy atom. The van der Waals surface area contributed by atoms with E-state index in [0.29, 0.717) is 12.0 Å². The Morgan fingerprint density at radius 1 is 1.29 bits per heavy atom. The zero-order chi connectivity index (χ0) is 17.2. The summed E-state index contributed by atoms with van der Waals surface area (Å²) in [6.07, 6.45) is 4.52. The monoisotopic (exact) mass is 334 g/mol. The minimum Gasteiger partial charge on any atom is -0.381 e. The Morgan fingerprint density at radius 2 is 1.96 bits per heavy atom. The SMILES string of the molecule is Cc1cc(C)n(C(C)CNC(=O)N2CCC3(CCOCC3)CC2)n1. The van der Waals surface area contributed by atoms with Crippen LogP contribution in [0, 0.1) is 19.3 Å². The van der Waals surface area contributed by atoms with E-state index in [4.69, 9.17) is 4.74 Å². The highest BCUT2D eigenvalue weighted by Gasteiger charge is 2.37. The van der Waals surface area contributed by atoms with Gasteiger partial charge in [-0.1, -0.05) is 0 Å². The van der Waals surface area contributed by atoms with Crippen LogP contribution < -0.4 is 5.32 Å². The van der Waals surface area contributed by atoms with Crippen molar-refractivity contribution in [3.63, 3.8) is 0 Å². The molecule has 2 saturated heterocycles. The minimum atomic E-state index is 0.0605. The fraction of sp³-hybridized carbons (Fsp3) is 0.778. The van der Waals surface area contributed by atoms with Gasteiger partial charge in [0, 0.05) is 38.5 Å². The van der Waals surface area contributed by atoms with Crippen molar-refractivity contribution < 1.29 is 9.53 Å². The Labute approximate surface area is 144 Å². The van der Waals surface area contributed by atoms with E-state index in [1.54, 1.807) is 0 Å². The van der Waals surface area contributed by atoms with Gasteiger partial charge in [0.25, 0.3) is 0 Å². The van der Waals surface area contributed by atoms with Crippen LogP contribution in [-0.4, -0.2) is 53.6 Å². The predicted molar refractivity (Wildman–Crippen MR) is 93.1 cm³/mol. The number of rotatable bonds is 3. The first kappa shape index (κ1) is 17.3. The van der Waals surface area contributed by atoms with Gasteiger partial charge in [-0.2, -0.15) is 5.10 Å². The molecular weight excluding hydrogens is 304 g/mol. The molecule has 24 heavy (non-hydrogen) atoms. The number of nitrogens with zero attached hydrogens (tertiary/aromatic N) is 3. The first-order chi connectivity index (χ1) is 11.5. The number of carbonyl (C=O) groups excluding carboxylic acids is 1. The molecule has 2 fully saturated rings. The molecule has 0 bridgehead atoms. The highest BCUT2D eigenvalue weighted by Crippen LogP contribution is 2.40. The molecule has 3 heterocycles. The quantitative estimate of drug-likeness (QED) is 0.924. The van der Waals surface area contributed by atoms with E-state index >= 15 is 0 Å². The highest BCUT2D eigenvalue weighted by atomic mass is 16.5. The molecule has 3 rings (SSSR count). The van der Waals surface area contributed by atoms with E-state index in [0.717, 1.165) is 63.4 Å². The number of ether oxygens (including phenoxy) is 1. The molecule has 1 atom stereocenters. The third-order valence-electron chi connectivity index (χ3n) is 5.68. The maximum absolute atomic E-state index is 12.5. The average Bonchev–Trinajstić information content (AvgIpc) is 2.92. The molecule has 6 nitrogen and oxygen atoms in total. The predicted octanol–water partition coefficient (Wildman–Crippen LogP) is 2.66. The molecule has 1 unspecified atom stereocenters. The normalized spacial score (nSPS) is 21.7. The van der Waals surface area contributed by atoms with Gasteiger partial charge >= 0.3 is 6.03 Å². The molecule has 134 valence electrons.